The number of thiazole rings is 1. The lowest BCUT2D eigenvalue weighted by atomic mass is 10.1. The Balaban J connectivity index is 2.56. The fourth-order valence-electron chi connectivity index (χ4n) is 1.36. The highest BCUT2D eigenvalue weighted by Gasteiger charge is 2.24. The van der Waals surface area contributed by atoms with Crippen LogP contribution in [0.5, 0.6) is 0 Å². The van der Waals surface area contributed by atoms with E-state index in [1.807, 2.05) is 5.38 Å². The smallest absolute Gasteiger partial charge is 0.326 e. The molecule has 100 valence electrons. The van der Waals surface area contributed by atoms with E-state index < -0.39 is 18.0 Å². The third-order valence-corrected chi connectivity index (χ3v) is 3.18. The molecular weight excluding hydrogens is 254 g/mol. The minimum absolute atomic E-state index is 0.167. The summed E-state index contributed by atoms with van der Waals surface area (Å²) in [5.74, 6) is -1.19. The molecule has 2 N–H and O–H groups in total. The van der Waals surface area contributed by atoms with E-state index in [1.165, 1.54) is 16.2 Å². The Kier molecular flexibility index (Phi) is 5.08. The molecule has 2 amide bonds. The van der Waals surface area contributed by atoms with Crippen LogP contribution in [-0.4, -0.2) is 40.1 Å². The molecule has 1 aromatic heterocycles. The number of nitrogens with one attached hydrogen (secondary N) is 1. The van der Waals surface area contributed by atoms with Crippen LogP contribution in [0.3, 0.4) is 0 Å². The lowest BCUT2D eigenvalue weighted by Crippen LogP contribution is -2.48. The molecule has 0 bridgehead atoms. The summed E-state index contributed by atoms with van der Waals surface area (Å²) in [4.78, 5) is 28.3. The number of hydrogen-bond acceptors (Lipinski definition) is 4. The van der Waals surface area contributed by atoms with Crippen LogP contribution in [0.4, 0.5) is 4.79 Å². The topological polar surface area (TPSA) is 82.5 Å². The lowest BCUT2D eigenvalue weighted by Gasteiger charge is -2.22. The molecule has 6 nitrogen and oxygen atoms in total. The van der Waals surface area contributed by atoms with Crippen molar-refractivity contribution in [1.82, 2.24) is 15.2 Å². The number of urea groups is 1. The van der Waals surface area contributed by atoms with Crippen molar-refractivity contribution < 1.29 is 14.7 Å². The average Bonchev–Trinajstić information content (AvgIpc) is 2.77. The molecule has 0 fully saturated rings. The standard InChI is InChI=1S/C11H17N3O3S/c1-7(2)9(10(15)16)13-11(17)14(3)6-8-12-4-5-18-8/h4-5,7,9H,6H2,1-3H3,(H,13,17)(H,15,16)/t9-/m0/s1. The third kappa shape index (κ3) is 3.99. The summed E-state index contributed by atoms with van der Waals surface area (Å²) in [6.07, 6.45) is 1.67. The Morgan fingerprint density at radius 1 is 1.56 bits per heavy atom. The predicted octanol–water partition coefficient (Wildman–Crippen LogP) is 1.39. The van der Waals surface area contributed by atoms with E-state index in [2.05, 4.69) is 10.3 Å². The number of carbonyl (C=O) groups is 2. The maximum Gasteiger partial charge on any atom is 0.326 e. The van der Waals surface area contributed by atoms with E-state index in [0.717, 1.165) is 5.01 Å². The molecule has 0 unspecified atom stereocenters. The van der Waals surface area contributed by atoms with E-state index in [-0.39, 0.29) is 5.92 Å². The Morgan fingerprint density at radius 2 is 2.22 bits per heavy atom. The number of nitrogens with zero attached hydrogens (tertiary/aromatic N) is 2. The second kappa shape index (κ2) is 6.34. The fraction of sp³-hybridized carbons (Fsp3) is 0.545. The summed E-state index contributed by atoms with van der Waals surface area (Å²) >= 11 is 1.45. The van der Waals surface area contributed by atoms with Crippen molar-refractivity contribution >= 4 is 23.3 Å². The number of carboxylic acid groups (broad SMARTS) is 1. The molecule has 0 aliphatic carbocycles. The average molecular weight is 271 g/mol. The molecular formula is C11H17N3O3S. The summed E-state index contributed by atoms with van der Waals surface area (Å²) < 4.78 is 0. The number of amides is 2. The first kappa shape index (κ1) is 14.4. The van der Waals surface area contributed by atoms with E-state index in [4.69, 9.17) is 5.11 Å². The lowest BCUT2D eigenvalue weighted by molar-refractivity contribution is -0.140. The highest BCUT2D eigenvalue weighted by molar-refractivity contribution is 7.09. The van der Waals surface area contributed by atoms with Crippen LogP contribution in [0.25, 0.3) is 0 Å². The van der Waals surface area contributed by atoms with Gasteiger partial charge in [-0.1, -0.05) is 13.8 Å². The zero-order valence-corrected chi connectivity index (χ0v) is 11.4. The van der Waals surface area contributed by atoms with Crippen molar-refractivity contribution in [3.8, 4) is 0 Å². The summed E-state index contributed by atoms with van der Waals surface area (Å²) in [5, 5.41) is 14.1. The summed E-state index contributed by atoms with van der Waals surface area (Å²) in [5.41, 5.74) is 0. The van der Waals surface area contributed by atoms with Gasteiger partial charge in [0.25, 0.3) is 0 Å². The van der Waals surface area contributed by atoms with Gasteiger partial charge in [-0.15, -0.1) is 11.3 Å². The number of rotatable bonds is 5. The molecule has 0 saturated heterocycles. The van der Waals surface area contributed by atoms with Gasteiger partial charge in [-0.2, -0.15) is 0 Å². The minimum atomic E-state index is -1.03. The Bertz CT molecular complexity index is 406. The summed E-state index contributed by atoms with van der Waals surface area (Å²) in [6.45, 7) is 3.87. The van der Waals surface area contributed by atoms with Crippen molar-refractivity contribution in [1.29, 1.82) is 0 Å². The van der Waals surface area contributed by atoms with Crippen LogP contribution in [0.15, 0.2) is 11.6 Å². The molecule has 0 aliphatic rings. The van der Waals surface area contributed by atoms with Gasteiger partial charge in [-0.05, 0) is 5.92 Å². The molecule has 0 spiro atoms. The quantitative estimate of drug-likeness (QED) is 0.848. The van der Waals surface area contributed by atoms with Gasteiger partial charge in [0.15, 0.2) is 0 Å². The predicted molar refractivity (Wildman–Crippen MR) is 68.4 cm³/mol. The molecule has 18 heavy (non-hydrogen) atoms. The van der Waals surface area contributed by atoms with Crippen LogP contribution in [0.2, 0.25) is 0 Å². The van der Waals surface area contributed by atoms with Gasteiger partial charge in [0.2, 0.25) is 0 Å². The second-order valence-electron chi connectivity index (χ2n) is 4.29. The van der Waals surface area contributed by atoms with Gasteiger partial charge in [0.05, 0.1) is 6.54 Å². The first-order chi connectivity index (χ1) is 8.41. The van der Waals surface area contributed by atoms with E-state index >= 15 is 0 Å². The van der Waals surface area contributed by atoms with Gasteiger partial charge in [0, 0.05) is 18.6 Å². The maximum atomic E-state index is 11.8. The Morgan fingerprint density at radius 3 is 2.67 bits per heavy atom. The summed E-state index contributed by atoms with van der Waals surface area (Å²) in [7, 11) is 1.61. The largest absolute Gasteiger partial charge is 0.480 e. The monoisotopic (exact) mass is 271 g/mol. The molecule has 7 heteroatoms. The zero-order valence-electron chi connectivity index (χ0n) is 10.6. The van der Waals surface area contributed by atoms with Gasteiger partial charge in [0.1, 0.15) is 11.0 Å². The number of aromatic nitrogens is 1. The van der Waals surface area contributed by atoms with Gasteiger partial charge in [-0.3, -0.25) is 0 Å². The van der Waals surface area contributed by atoms with Crippen LogP contribution in [0.1, 0.15) is 18.9 Å². The third-order valence-electron chi connectivity index (χ3n) is 2.41. The fourth-order valence-corrected chi connectivity index (χ4v) is 2.03. The Hall–Kier alpha value is -1.63. The number of aliphatic carboxylic acids is 1. The minimum Gasteiger partial charge on any atom is -0.480 e. The molecule has 1 rings (SSSR count). The number of hydrogen-bond donors (Lipinski definition) is 2. The molecule has 1 heterocycles. The molecule has 0 saturated carbocycles. The van der Waals surface area contributed by atoms with Crippen molar-refractivity contribution in [2.24, 2.45) is 5.92 Å². The highest BCUT2D eigenvalue weighted by Crippen LogP contribution is 2.08. The second-order valence-corrected chi connectivity index (χ2v) is 5.27. The molecule has 0 aromatic carbocycles. The van der Waals surface area contributed by atoms with E-state index in [9.17, 15) is 9.59 Å². The number of carboxylic acids is 1. The summed E-state index contributed by atoms with van der Waals surface area (Å²) in [6, 6.07) is -1.29. The molecule has 0 aliphatic heterocycles. The van der Waals surface area contributed by atoms with Crippen molar-refractivity contribution in [2.75, 3.05) is 7.05 Å². The molecule has 0 radical (unpaired) electrons. The van der Waals surface area contributed by atoms with Crippen molar-refractivity contribution in [2.45, 2.75) is 26.4 Å². The van der Waals surface area contributed by atoms with Gasteiger partial charge < -0.3 is 15.3 Å². The van der Waals surface area contributed by atoms with Crippen LogP contribution < -0.4 is 5.32 Å². The van der Waals surface area contributed by atoms with Crippen LogP contribution in [-0.2, 0) is 11.3 Å². The highest BCUT2D eigenvalue weighted by atomic mass is 32.1. The maximum absolute atomic E-state index is 11.8. The van der Waals surface area contributed by atoms with Crippen molar-refractivity contribution in [3.05, 3.63) is 16.6 Å². The number of carbonyl (C=O) groups excluding carboxylic acids is 1. The van der Waals surface area contributed by atoms with Gasteiger partial charge in [-0.25, -0.2) is 14.6 Å². The normalized spacial score (nSPS) is 12.2. The molecule has 1 aromatic rings. The van der Waals surface area contributed by atoms with Crippen molar-refractivity contribution in [3.63, 3.8) is 0 Å². The molecule has 1 atom stereocenters. The van der Waals surface area contributed by atoms with Crippen LogP contribution >= 0.6 is 11.3 Å². The zero-order chi connectivity index (χ0) is 13.7. The van der Waals surface area contributed by atoms with Gasteiger partial charge >= 0.3 is 12.0 Å². The first-order valence-electron chi connectivity index (χ1n) is 5.54. The Labute approximate surface area is 110 Å². The first-order valence-corrected chi connectivity index (χ1v) is 6.42. The van der Waals surface area contributed by atoms with E-state index in [0.29, 0.717) is 6.54 Å². The van der Waals surface area contributed by atoms with E-state index in [1.54, 1.807) is 27.1 Å². The SMILES string of the molecule is CC(C)[C@H](NC(=O)N(C)Cc1nccs1)C(=O)O. The van der Waals surface area contributed by atoms with Crippen LogP contribution in [0, 0.1) is 5.92 Å².